The summed E-state index contributed by atoms with van der Waals surface area (Å²) in [7, 11) is 0. The van der Waals surface area contributed by atoms with Gasteiger partial charge in [-0.05, 0) is 30.2 Å². The van der Waals surface area contributed by atoms with Crippen LogP contribution in [0.5, 0.6) is 0 Å². The van der Waals surface area contributed by atoms with Gasteiger partial charge in [0.25, 0.3) is 0 Å². The molecule has 1 aromatic rings. The minimum Gasteiger partial charge on any atom is -0.278 e. The predicted octanol–water partition coefficient (Wildman–Crippen LogP) is 1.83. The van der Waals surface area contributed by atoms with Gasteiger partial charge in [-0.1, -0.05) is 30.3 Å². The third kappa shape index (κ3) is 1.14. The molecule has 0 radical (unpaired) electrons. The monoisotopic (exact) mass is 241 g/mol. The number of imide groups is 1. The molecule has 4 atom stereocenters. The van der Waals surface area contributed by atoms with Gasteiger partial charge in [0, 0.05) is 0 Å². The number of hydrogen-bond acceptors (Lipinski definition) is 2. The molecule has 0 bridgehead atoms. The second kappa shape index (κ2) is 3.44. The molecule has 4 rings (SSSR count). The molecule has 0 aromatic heterocycles. The highest BCUT2D eigenvalue weighted by Gasteiger charge is 2.66. The van der Waals surface area contributed by atoms with Crippen molar-refractivity contribution >= 4 is 11.8 Å². The molecular formula is C15H15NO2. The van der Waals surface area contributed by atoms with Crippen LogP contribution >= 0.6 is 0 Å². The highest BCUT2D eigenvalue weighted by molar-refractivity contribution is 6.07. The van der Waals surface area contributed by atoms with E-state index in [1.807, 2.05) is 30.3 Å². The quantitative estimate of drug-likeness (QED) is 0.741. The molecule has 1 aromatic carbocycles. The Balaban J connectivity index is 1.59. The molecular weight excluding hydrogens is 226 g/mol. The summed E-state index contributed by atoms with van der Waals surface area (Å²) in [6.45, 7) is 0.449. The second-order valence-corrected chi connectivity index (χ2v) is 5.70. The number of nitrogens with zero attached hydrogens (tertiary/aromatic N) is 1. The molecule has 3 aliphatic rings. The molecule has 1 heterocycles. The van der Waals surface area contributed by atoms with Gasteiger partial charge in [-0.15, -0.1) is 0 Å². The van der Waals surface area contributed by atoms with Crippen LogP contribution in [0.25, 0.3) is 0 Å². The van der Waals surface area contributed by atoms with E-state index in [4.69, 9.17) is 0 Å². The first-order chi connectivity index (χ1) is 8.77. The maximum atomic E-state index is 12.3. The Morgan fingerprint density at radius 3 is 2.00 bits per heavy atom. The van der Waals surface area contributed by atoms with Crippen molar-refractivity contribution in [1.82, 2.24) is 4.90 Å². The minimum atomic E-state index is 0.0277. The summed E-state index contributed by atoms with van der Waals surface area (Å²) in [6.07, 6.45) is 2.29. The molecule has 2 aliphatic carbocycles. The Labute approximate surface area is 106 Å². The maximum absolute atomic E-state index is 12.3. The number of carbonyl (C=O) groups excluding carboxylic acids is 2. The van der Waals surface area contributed by atoms with Gasteiger partial charge in [0.15, 0.2) is 0 Å². The van der Waals surface area contributed by atoms with Crippen molar-refractivity contribution in [2.24, 2.45) is 23.7 Å². The lowest BCUT2D eigenvalue weighted by atomic mass is 9.48. The molecule has 1 aliphatic heterocycles. The van der Waals surface area contributed by atoms with Crippen molar-refractivity contribution in [3.05, 3.63) is 35.9 Å². The summed E-state index contributed by atoms with van der Waals surface area (Å²) in [6, 6.07) is 9.77. The highest BCUT2D eigenvalue weighted by atomic mass is 16.2. The lowest BCUT2D eigenvalue weighted by Gasteiger charge is -2.53. The van der Waals surface area contributed by atoms with Crippen LogP contribution in [0.15, 0.2) is 30.3 Å². The zero-order valence-corrected chi connectivity index (χ0v) is 10.1. The van der Waals surface area contributed by atoms with Gasteiger partial charge in [-0.3, -0.25) is 14.5 Å². The van der Waals surface area contributed by atoms with Crippen LogP contribution in [0.1, 0.15) is 18.4 Å². The first-order valence-electron chi connectivity index (χ1n) is 6.66. The second-order valence-electron chi connectivity index (χ2n) is 5.70. The van der Waals surface area contributed by atoms with Gasteiger partial charge in [0.2, 0.25) is 11.8 Å². The summed E-state index contributed by atoms with van der Waals surface area (Å²) < 4.78 is 0. The van der Waals surface area contributed by atoms with Crippen LogP contribution in [0, 0.1) is 23.7 Å². The molecule has 1 saturated heterocycles. The first kappa shape index (κ1) is 10.3. The summed E-state index contributed by atoms with van der Waals surface area (Å²) in [5.74, 6) is 1.25. The van der Waals surface area contributed by atoms with E-state index in [-0.39, 0.29) is 23.7 Å². The molecule has 18 heavy (non-hydrogen) atoms. The van der Waals surface area contributed by atoms with Crippen molar-refractivity contribution in [1.29, 1.82) is 0 Å². The summed E-state index contributed by atoms with van der Waals surface area (Å²) in [5, 5.41) is 0. The summed E-state index contributed by atoms with van der Waals surface area (Å²) in [4.78, 5) is 26.0. The third-order valence-corrected chi connectivity index (χ3v) is 4.98. The van der Waals surface area contributed by atoms with Crippen molar-refractivity contribution in [2.45, 2.75) is 19.4 Å². The molecule has 0 N–H and O–H groups in total. The average molecular weight is 241 g/mol. The van der Waals surface area contributed by atoms with E-state index in [0.29, 0.717) is 18.4 Å². The number of rotatable bonds is 2. The zero-order valence-electron chi connectivity index (χ0n) is 10.1. The smallest absolute Gasteiger partial charge is 0.233 e. The number of amides is 2. The number of likely N-dealkylation sites (tertiary alicyclic amines) is 1. The first-order valence-corrected chi connectivity index (χ1v) is 6.66. The van der Waals surface area contributed by atoms with Crippen LogP contribution < -0.4 is 0 Å². The van der Waals surface area contributed by atoms with Crippen LogP contribution in [0.3, 0.4) is 0 Å². The molecule has 3 heteroatoms. The largest absolute Gasteiger partial charge is 0.278 e. The van der Waals surface area contributed by atoms with Gasteiger partial charge in [-0.2, -0.15) is 0 Å². The van der Waals surface area contributed by atoms with Gasteiger partial charge in [0.05, 0.1) is 18.4 Å². The van der Waals surface area contributed by atoms with Crippen molar-refractivity contribution in [2.75, 3.05) is 0 Å². The van der Waals surface area contributed by atoms with E-state index in [2.05, 4.69) is 0 Å². The van der Waals surface area contributed by atoms with Crippen LogP contribution in [-0.2, 0) is 16.1 Å². The van der Waals surface area contributed by atoms with Gasteiger partial charge >= 0.3 is 0 Å². The van der Waals surface area contributed by atoms with E-state index >= 15 is 0 Å². The van der Waals surface area contributed by atoms with Crippen molar-refractivity contribution in [3.63, 3.8) is 0 Å². The van der Waals surface area contributed by atoms with E-state index < -0.39 is 0 Å². The van der Waals surface area contributed by atoms with Crippen molar-refractivity contribution < 1.29 is 9.59 Å². The van der Waals surface area contributed by atoms with E-state index in [1.165, 1.54) is 4.90 Å². The van der Waals surface area contributed by atoms with Crippen LogP contribution in [-0.4, -0.2) is 16.7 Å². The fraction of sp³-hybridized carbons (Fsp3) is 0.467. The van der Waals surface area contributed by atoms with Gasteiger partial charge < -0.3 is 0 Å². The van der Waals surface area contributed by atoms with Crippen molar-refractivity contribution in [3.8, 4) is 0 Å². The Kier molecular flexibility index (Phi) is 1.97. The molecule has 92 valence electrons. The number of hydrogen-bond donors (Lipinski definition) is 0. The fourth-order valence-corrected chi connectivity index (χ4v) is 3.89. The highest BCUT2D eigenvalue weighted by Crippen LogP contribution is 2.62. The van der Waals surface area contributed by atoms with E-state index in [9.17, 15) is 9.59 Å². The third-order valence-electron chi connectivity index (χ3n) is 4.98. The number of fused-ring (bicyclic) bond motifs is 4. The minimum absolute atomic E-state index is 0.0277. The Bertz CT molecular complexity index is 497. The van der Waals surface area contributed by atoms with Crippen LogP contribution in [0.4, 0.5) is 0 Å². The lowest BCUT2D eigenvalue weighted by Crippen LogP contribution is -2.54. The lowest BCUT2D eigenvalue weighted by molar-refractivity contribution is -0.149. The summed E-state index contributed by atoms with van der Waals surface area (Å²) >= 11 is 0. The molecule has 3 fully saturated rings. The normalized spacial score (nSPS) is 36.8. The Morgan fingerprint density at radius 2 is 1.50 bits per heavy atom. The molecule has 2 saturated carbocycles. The fourth-order valence-electron chi connectivity index (χ4n) is 3.89. The SMILES string of the molecule is O=C1C2C3CCC3C2C(=O)N1Cc1ccccc1. The standard InChI is InChI=1S/C15H15NO2/c17-14-12-10-6-7-11(10)13(12)15(18)16(14)8-9-4-2-1-3-5-9/h1-5,10-13H,6-8H2. The van der Waals surface area contributed by atoms with E-state index in [1.54, 1.807) is 0 Å². The van der Waals surface area contributed by atoms with Gasteiger partial charge in [0.1, 0.15) is 0 Å². The average Bonchev–Trinajstić information content (AvgIpc) is 2.55. The summed E-state index contributed by atoms with van der Waals surface area (Å²) in [5.41, 5.74) is 1.04. The predicted molar refractivity (Wildman–Crippen MR) is 65.2 cm³/mol. The molecule has 3 nitrogen and oxygen atoms in total. The number of benzene rings is 1. The number of carbonyl (C=O) groups is 2. The van der Waals surface area contributed by atoms with Crippen LogP contribution in [0.2, 0.25) is 0 Å². The Morgan fingerprint density at radius 1 is 0.944 bits per heavy atom. The van der Waals surface area contributed by atoms with E-state index in [0.717, 1.165) is 18.4 Å². The molecule has 2 amide bonds. The van der Waals surface area contributed by atoms with Gasteiger partial charge in [-0.25, -0.2) is 0 Å². The topological polar surface area (TPSA) is 37.4 Å². The molecule has 0 spiro atoms. The maximum Gasteiger partial charge on any atom is 0.233 e. The molecule has 4 unspecified atom stereocenters. The zero-order chi connectivity index (χ0) is 12.3. The Hall–Kier alpha value is -1.64.